The Hall–Kier alpha value is -2.46. The third-order valence-electron chi connectivity index (χ3n) is 4.83. The Morgan fingerprint density at radius 3 is 2.75 bits per heavy atom. The summed E-state index contributed by atoms with van der Waals surface area (Å²) >= 11 is 0. The van der Waals surface area contributed by atoms with Crippen molar-refractivity contribution in [1.82, 2.24) is 15.1 Å². The van der Waals surface area contributed by atoms with E-state index in [2.05, 4.69) is 57.6 Å². The van der Waals surface area contributed by atoms with Crippen LogP contribution in [0, 0.1) is 0 Å². The minimum Gasteiger partial charge on any atom is -0.480 e. The number of ether oxygens (including phenoxy) is 1. The zero-order valence-corrected chi connectivity index (χ0v) is 13.9. The second-order valence-electron chi connectivity index (χ2n) is 6.36. The van der Waals surface area contributed by atoms with Gasteiger partial charge in [0, 0.05) is 19.2 Å². The molecule has 1 unspecified atom stereocenters. The largest absolute Gasteiger partial charge is 0.480 e. The molecular formula is C20H21N3O. The molecule has 1 atom stereocenters. The minimum absolute atomic E-state index is 0.564. The van der Waals surface area contributed by atoms with Gasteiger partial charge in [-0.3, -0.25) is 4.90 Å². The van der Waals surface area contributed by atoms with Crippen LogP contribution in [0.25, 0.3) is 10.8 Å². The molecule has 0 aliphatic carbocycles. The van der Waals surface area contributed by atoms with Crippen LogP contribution in [0.5, 0.6) is 5.88 Å². The summed E-state index contributed by atoms with van der Waals surface area (Å²) in [5.41, 5.74) is 2.46. The molecule has 0 spiro atoms. The fourth-order valence-corrected chi connectivity index (χ4v) is 3.61. The first kappa shape index (κ1) is 15.1. The van der Waals surface area contributed by atoms with Gasteiger partial charge in [-0.05, 0) is 41.3 Å². The zero-order valence-electron chi connectivity index (χ0n) is 13.9. The molecule has 1 aliphatic rings. The molecular weight excluding hydrogens is 298 g/mol. The van der Waals surface area contributed by atoms with Crippen LogP contribution in [-0.4, -0.2) is 35.3 Å². The highest BCUT2D eigenvalue weighted by Crippen LogP contribution is 2.32. The Labute approximate surface area is 142 Å². The third kappa shape index (κ3) is 2.97. The number of hydrogen-bond acceptors (Lipinski definition) is 4. The Balaban J connectivity index is 1.49. The lowest BCUT2D eigenvalue weighted by Gasteiger charge is -2.16. The molecule has 24 heavy (non-hydrogen) atoms. The lowest BCUT2D eigenvalue weighted by Crippen LogP contribution is -2.20. The van der Waals surface area contributed by atoms with Crippen molar-refractivity contribution in [3.63, 3.8) is 0 Å². The summed E-state index contributed by atoms with van der Waals surface area (Å²) in [4.78, 5) is 2.46. The number of hydrogen-bond donors (Lipinski definition) is 0. The van der Waals surface area contributed by atoms with E-state index in [4.69, 9.17) is 4.74 Å². The van der Waals surface area contributed by atoms with Gasteiger partial charge < -0.3 is 4.74 Å². The fourth-order valence-electron chi connectivity index (χ4n) is 3.61. The molecule has 2 aromatic carbocycles. The van der Waals surface area contributed by atoms with E-state index >= 15 is 0 Å². The normalized spacial score (nSPS) is 18.1. The molecule has 0 saturated carbocycles. The lowest BCUT2D eigenvalue weighted by molar-refractivity contribution is 0.319. The molecule has 4 heteroatoms. The van der Waals surface area contributed by atoms with Gasteiger partial charge in [0.25, 0.3) is 0 Å². The van der Waals surface area contributed by atoms with E-state index in [9.17, 15) is 0 Å². The summed E-state index contributed by atoms with van der Waals surface area (Å²) < 4.78 is 5.07. The van der Waals surface area contributed by atoms with Gasteiger partial charge in [-0.25, -0.2) is 0 Å². The van der Waals surface area contributed by atoms with Crippen LogP contribution in [-0.2, 0) is 6.54 Å². The van der Waals surface area contributed by atoms with E-state index in [-0.39, 0.29) is 0 Å². The molecule has 2 heterocycles. The molecule has 1 aliphatic heterocycles. The Morgan fingerprint density at radius 1 is 1.04 bits per heavy atom. The highest BCUT2D eigenvalue weighted by Gasteiger charge is 2.25. The average Bonchev–Trinajstić information content (AvgIpc) is 3.10. The molecule has 3 aromatic rings. The summed E-state index contributed by atoms with van der Waals surface area (Å²) in [6, 6.07) is 19.2. The van der Waals surface area contributed by atoms with E-state index < -0.39 is 0 Å². The van der Waals surface area contributed by atoms with Crippen molar-refractivity contribution in [2.75, 3.05) is 20.2 Å². The molecule has 1 fully saturated rings. The second-order valence-corrected chi connectivity index (χ2v) is 6.36. The highest BCUT2D eigenvalue weighted by atomic mass is 16.5. The summed E-state index contributed by atoms with van der Waals surface area (Å²) in [5, 5.41) is 11.0. The van der Waals surface area contributed by atoms with Crippen LogP contribution in [0.4, 0.5) is 0 Å². The first-order valence-electron chi connectivity index (χ1n) is 8.40. The molecule has 0 amide bonds. The number of benzene rings is 2. The number of rotatable bonds is 4. The predicted molar refractivity (Wildman–Crippen MR) is 95.2 cm³/mol. The van der Waals surface area contributed by atoms with Crippen molar-refractivity contribution in [3.8, 4) is 5.88 Å². The maximum absolute atomic E-state index is 5.07. The SMILES string of the molecule is COc1ccc(CN2CCC(c3cccc4ccccc34)C2)nn1. The Morgan fingerprint density at radius 2 is 1.92 bits per heavy atom. The number of fused-ring (bicyclic) bond motifs is 1. The molecule has 1 aromatic heterocycles. The standard InChI is InChI=1S/C20H21N3O/c1-24-20-10-9-17(21-22-20)14-23-12-11-16(13-23)19-8-4-6-15-5-2-3-7-18(15)19/h2-10,16H,11-14H2,1H3. The second kappa shape index (κ2) is 6.57. The van der Waals surface area contributed by atoms with Crippen LogP contribution in [0.15, 0.2) is 54.6 Å². The maximum atomic E-state index is 5.07. The van der Waals surface area contributed by atoms with Gasteiger partial charge in [-0.15, -0.1) is 5.10 Å². The van der Waals surface area contributed by atoms with Gasteiger partial charge in [0.1, 0.15) is 0 Å². The van der Waals surface area contributed by atoms with Gasteiger partial charge >= 0.3 is 0 Å². The molecule has 4 nitrogen and oxygen atoms in total. The van der Waals surface area contributed by atoms with Crippen LogP contribution in [0.3, 0.4) is 0 Å². The van der Waals surface area contributed by atoms with Crippen molar-refractivity contribution in [3.05, 3.63) is 65.9 Å². The van der Waals surface area contributed by atoms with Crippen molar-refractivity contribution in [2.45, 2.75) is 18.9 Å². The summed E-state index contributed by atoms with van der Waals surface area (Å²) in [6.45, 7) is 3.02. The quantitative estimate of drug-likeness (QED) is 0.736. The van der Waals surface area contributed by atoms with Crippen LogP contribution < -0.4 is 4.74 Å². The van der Waals surface area contributed by atoms with Gasteiger partial charge in [0.15, 0.2) is 0 Å². The zero-order chi connectivity index (χ0) is 16.4. The summed E-state index contributed by atoms with van der Waals surface area (Å²) in [7, 11) is 1.61. The Kier molecular flexibility index (Phi) is 4.13. The monoisotopic (exact) mass is 319 g/mol. The number of likely N-dealkylation sites (tertiary alicyclic amines) is 1. The molecule has 1 saturated heterocycles. The number of nitrogens with zero attached hydrogens (tertiary/aromatic N) is 3. The fraction of sp³-hybridized carbons (Fsp3) is 0.300. The smallest absolute Gasteiger partial charge is 0.233 e. The molecule has 122 valence electrons. The first-order chi connectivity index (χ1) is 11.8. The molecule has 0 radical (unpaired) electrons. The third-order valence-corrected chi connectivity index (χ3v) is 4.83. The molecule has 4 rings (SSSR count). The Bertz CT molecular complexity index is 826. The minimum atomic E-state index is 0.564. The van der Waals surface area contributed by atoms with Crippen molar-refractivity contribution in [1.29, 1.82) is 0 Å². The topological polar surface area (TPSA) is 38.2 Å². The number of methoxy groups -OCH3 is 1. The van der Waals surface area contributed by atoms with Crippen LogP contribution >= 0.6 is 0 Å². The maximum Gasteiger partial charge on any atom is 0.233 e. The number of aromatic nitrogens is 2. The summed E-state index contributed by atoms with van der Waals surface area (Å²) in [6.07, 6.45) is 1.19. The van der Waals surface area contributed by atoms with E-state index in [1.165, 1.54) is 22.8 Å². The van der Waals surface area contributed by atoms with Gasteiger partial charge in [0.2, 0.25) is 5.88 Å². The van der Waals surface area contributed by atoms with Crippen molar-refractivity contribution in [2.24, 2.45) is 0 Å². The van der Waals surface area contributed by atoms with E-state index in [0.29, 0.717) is 11.8 Å². The van der Waals surface area contributed by atoms with Gasteiger partial charge in [0.05, 0.1) is 12.8 Å². The highest BCUT2D eigenvalue weighted by molar-refractivity contribution is 5.86. The first-order valence-corrected chi connectivity index (χ1v) is 8.40. The van der Waals surface area contributed by atoms with E-state index in [0.717, 1.165) is 25.3 Å². The predicted octanol–water partition coefficient (Wildman–Crippen LogP) is 3.63. The molecule has 0 N–H and O–H groups in total. The van der Waals surface area contributed by atoms with E-state index in [1.54, 1.807) is 7.11 Å². The average molecular weight is 319 g/mol. The van der Waals surface area contributed by atoms with Gasteiger partial charge in [-0.1, -0.05) is 42.5 Å². The van der Waals surface area contributed by atoms with Crippen molar-refractivity contribution < 1.29 is 4.74 Å². The van der Waals surface area contributed by atoms with Crippen LogP contribution in [0.2, 0.25) is 0 Å². The van der Waals surface area contributed by atoms with Crippen LogP contribution in [0.1, 0.15) is 23.6 Å². The summed E-state index contributed by atoms with van der Waals surface area (Å²) in [5.74, 6) is 1.15. The lowest BCUT2D eigenvalue weighted by atomic mass is 9.93. The van der Waals surface area contributed by atoms with Gasteiger partial charge in [-0.2, -0.15) is 5.10 Å². The van der Waals surface area contributed by atoms with Crippen molar-refractivity contribution >= 4 is 10.8 Å². The van der Waals surface area contributed by atoms with E-state index in [1.807, 2.05) is 12.1 Å². The molecule has 0 bridgehead atoms.